The molecule has 0 aliphatic rings. The van der Waals surface area contributed by atoms with Crippen LogP contribution in [0.3, 0.4) is 0 Å². The molecule has 0 aromatic rings. The second-order valence-electron chi connectivity index (χ2n) is 1.46. The van der Waals surface area contributed by atoms with Crippen LogP contribution in [0.15, 0.2) is 0 Å². The highest BCUT2D eigenvalue weighted by atomic mass is 35.5. The first-order chi connectivity index (χ1) is 4.33. The fourth-order valence-corrected chi connectivity index (χ4v) is 0.533. The average molecular weight is 171 g/mol. The summed E-state index contributed by atoms with van der Waals surface area (Å²) in [5.74, 6) is 0.827. The van der Waals surface area contributed by atoms with Crippen molar-refractivity contribution in [3.8, 4) is 0 Å². The SMILES string of the molecule is CCCCCCl.O=S=O. The minimum atomic E-state index is -0.750. The summed E-state index contributed by atoms with van der Waals surface area (Å²) in [4.78, 5) is 0. The van der Waals surface area contributed by atoms with Gasteiger partial charge in [0.2, 0.25) is 0 Å². The van der Waals surface area contributed by atoms with Gasteiger partial charge in [0.1, 0.15) is 0 Å². The molecule has 0 saturated carbocycles. The maximum absolute atomic E-state index is 8.29. The van der Waals surface area contributed by atoms with E-state index in [2.05, 4.69) is 6.92 Å². The second kappa shape index (κ2) is 15.7. The number of hydrogen-bond acceptors (Lipinski definition) is 2. The third-order valence-corrected chi connectivity index (χ3v) is 1.00. The molecular weight excluding hydrogens is 160 g/mol. The maximum atomic E-state index is 8.29. The molecule has 0 radical (unpaired) electrons. The summed E-state index contributed by atoms with van der Waals surface area (Å²) in [6, 6.07) is 0. The van der Waals surface area contributed by atoms with Crippen LogP contribution >= 0.6 is 11.6 Å². The van der Waals surface area contributed by atoms with Gasteiger partial charge in [-0.15, -0.1) is 11.6 Å². The molecule has 9 heavy (non-hydrogen) atoms. The van der Waals surface area contributed by atoms with Crippen molar-refractivity contribution in [2.24, 2.45) is 0 Å². The van der Waals surface area contributed by atoms with E-state index in [-0.39, 0.29) is 0 Å². The van der Waals surface area contributed by atoms with E-state index in [9.17, 15) is 0 Å². The van der Waals surface area contributed by atoms with E-state index >= 15 is 0 Å². The van der Waals surface area contributed by atoms with Crippen molar-refractivity contribution in [1.82, 2.24) is 0 Å². The molecule has 0 aromatic carbocycles. The van der Waals surface area contributed by atoms with E-state index in [0.717, 1.165) is 5.88 Å². The zero-order valence-electron chi connectivity index (χ0n) is 5.43. The van der Waals surface area contributed by atoms with Crippen molar-refractivity contribution in [3.63, 3.8) is 0 Å². The minimum Gasteiger partial charge on any atom is -0.168 e. The van der Waals surface area contributed by atoms with Gasteiger partial charge in [-0.25, -0.2) is 0 Å². The van der Waals surface area contributed by atoms with Crippen LogP contribution in [-0.4, -0.2) is 14.3 Å². The quantitative estimate of drug-likeness (QED) is 0.478. The lowest BCUT2D eigenvalue weighted by Crippen LogP contribution is -1.70. The van der Waals surface area contributed by atoms with Crippen molar-refractivity contribution in [2.75, 3.05) is 5.88 Å². The third-order valence-electron chi connectivity index (χ3n) is 0.737. The largest absolute Gasteiger partial charge is 0.335 e. The summed E-state index contributed by atoms with van der Waals surface area (Å²) in [5.41, 5.74) is 0. The molecule has 0 spiro atoms. The van der Waals surface area contributed by atoms with Gasteiger partial charge in [0.05, 0.1) is 0 Å². The van der Waals surface area contributed by atoms with Gasteiger partial charge in [-0.1, -0.05) is 19.8 Å². The summed E-state index contributed by atoms with van der Waals surface area (Å²) >= 11 is 4.63. The summed E-state index contributed by atoms with van der Waals surface area (Å²) in [6.07, 6.45) is 3.73. The molecule has 4 heteroatoms. The summed E-state index contributed by atoms with van der Waals surface area (Å²) in [6.45, 7) is 2.17. The topological polar surface area (TPSA) is 34.1 Å². The van der Waals surface area contributed by atoms with Gasteiger partial charge in [0.15, 0.2) is 0 Å². The van der Waals surface area contributed by atoms with Crippen LogP contribution in [-0.2, 0) is 11.6 Å². The molecule has 0 aliphatic heterocycles. The van der Waals surface area contributed by atoms with Crippen LogP contribution in [0.4, 0.5) is 0 Å². The van der Waals surface area contributed by atoms with Crippen molar-refractivity contribution >= 4 is 23.2 Å². The molecule has 56 valence electrons. The predicted molar refractivity (Wildman–Crippen MR) is 39.2 cm³/mol. The Kier molecular flexibility index (Phi) is 20.7. The van der Waals surface area contributed by atoms with E-state index in [1.807, 2.05) is 0 Å². The summed E-state index contributed by atoms with van der Waals surface area (Å²) in [5, 5.41) is 0. The van der Waals surface area contributed by atoms with Gasteiger partial charge < -0.3 is 0 Å². The highest BCUT2D eigenvalue weighted by molar-refractivity contribution is 7.51. The van der Waals surface area contributed by atoms with Crippen LogP contribution in [0.25, 0.3) is 0 Å². The Morgan fingerprint density at radius 1 is 1.33 bits per heavy atom. The normalized spacial score (nSPS) is 7.33. The summed E-state index contributed by atoms with van der Waals surface area (Å²) < 4.78 is 16.6. The van der Waals surface area contributed by atoms with Crippen molar-refractivity contribution in [3.05, 3.63) is 0 Å². The first kappa shape index (κ1) is 11.9. The van der Waals surface area contributed by atoms with Crippen LogP contribution in [0.1, 0.15) is 26.2 Å². The van der Waals surface area contributed by atoms with E-state index < -0.39 is 11.6 Å². The van der Waals surface area contributed by atoms with E-state index in [1.165, 1.54) is 19.3 Å². The number of hydrogen-bond donors (Lipinski definition) is 0. The molecule has 0 aliphatic carbocycles. The first-order valence-electron chi connectivity index (χ1n) is 2.81. The molecule has 0 fully saturated rings. The molecule has 0 atom stereocenters. The lowest BCUT2D eigenvalue weighted by atomic mass is 10.3. The van der Waals surface area contributed by atoms with Crippen molar-refractivity contribution in [2.45, 2.75) is 26.2 Å². The van der Waals surface area contributed by atoms with Gasteiger partial charge in [0.25, 0.3) is 0 Å². The highest BCUT2D eigenvalue weighted by Crippen LogP contribution is 1.93. The monoisotopic (exact) mass is 170 g/mol. The fraction of sp³-hybridized carbons (Fsp3) is 1.00. The van der Waals surface area contributed by atoms with E-state index in [1.54, 1.807) is 0 Å². The number of alkyl halides is 1. The van der Waals surface area contributed by atoms with E-state index in [0.29, 0.717) is 0 Å². The third kappa shape index (κ3) is 31.3. The number of unbranched alkanes of at least 4 members (excludes halogenated alkanes) is 2. The fourth-order valence-electron chi connectivity index (χ4n) is 0.344. The molecule has 0 unspecified atom stereocenters. The number of rotatable bonds is 3. The maximum Gasteiger partial charge on any atom is 0.335 e. The van der Waals surface area contributed by atoms with Crippen molar-refractivity contribution < 1.29 is 8.42 Å². The van der Waals surface area contributed by atoms with Crippen LogP contribution < -0.4 is 0 Å². The van der Waals surface area contributed by atoms with Gasteiger partial charge in [0, 0.05) is 5.88 Å². The van der Waals surface area contributed by atoms with Gasteiger partial charge in [-0.3, -0.25) is 0 Å². The van der Waals surface area contributed by atoms with Crippen LogP contribution in [0.5, 0.6) is 0 Å². The van der Waals surface area contributed by atoms with Gasteiger partial charge in [-0.2, -0.15) is 8.42 Å². The zero-order chi connectivity index (χ0) is 7.54. The molecular formula is C5H11ClO2S. The Labute approximate surface area is 64.2 Å². The smallest absolute Gasteiger partial charge is 0.168 e. The molecule has 0 bridgehead atoms. The Balaban J connectivity index is 0. The molecule has 0 N–H and O–H groups in total. The Bertz CT molecular complexity index is 67.4. The Hall–Kier alpha value is 0.110. The van der Waals surface area contributed by atoms with E-state index in [4.69, 9.17) is 20.0 Å². The Morgan fingerprint density at radius 3 is 1.89 bits per heavy atom. The summed E-state index contributed by atoms with van der Waals surface area (Å²) in [7, 11) is 0. The lowest BCUT2D eigenvalue weighted by Gasteiger charge is -1.84. The predicted octanol–water partition coefficient (Wildman–Crippen LogP) is 1.75. The lowest BCUT2D eigenvalue weighted by molar-refractivity contribution is 0.630. The second-order valence-corrected chi connectivity index (χ2v) is 1.98. The molecule has 0 amide bonds. The average Bonchev–Trinajstić information content (AvgIpc) is 1.86. The van der Waals surface area contributed by atoms with Gasteiger partial charge in [-0.05, 0) is 6.42 Å². The molecule has 0 aromatic heterocycles. The zero-order valence-corrected chi connectivity index (χ0v) is 7.00. The standard InChI is InChI=1S/C5H11Cl.O2S/c1-2-3-4-5-6;1-3-2/h2-5H2,1H3;. The molecule has 0 rings (SSSR count). The van der Waals surface area contributed by atoms with Crippen LogP contribution in [0.2, 0.25) is 0 Å². The van der Waals surface area contributed by atoms with Crippen LogP contribution in [0, 0.1) is 0 Å². The molecule has 0 heterocycles. The first-order valence-corrected chi connectivity index (χ1v) is 4.01. The van der Waals surface area contributed by atoms with Crippen molar-refractivity contribution in [1.29, 1.82) is 0 Å². The Morgan fingerprint density at radius 2 is 1.78 bits per heavy atom. The number of halogens is 1. The molecule has 2 nitrogen and oxygen atoms in total. The molecule has 0 saturated heterocycles. The van der Waals surface area contributed by atoms with Gasteiger partial charge >= 0.3 is 11.6 Å². The highest BCUT2D eigenvalue weighted by Gasteiger charge is 1.76. The minimum absolute atomic E-state index is 0.750.